The van der Waals surface area contributed by atoms with Crippen LogP contribution in [0.25, 0.3) is 21.6 Å². The zero-order valence-electron chi connectivity index (χ0n) is 14.0. The summed E-state index contributed by atoms with van der Waals surface area (Å²) in [7, 11) is 0. The molecule has 0 radical (unpaired) electrons. The van der Waals surface area contributed by atoms with Crippen LogP contribution < -0.4 is 11.3 Å². The molecule has 1 aliphatic rings. The lowest BCUT2D eigenvalue weighted by atomic mass is 10.1. The highest BCUT2D eigenvalue weighted by Gasteiger charge is 2.27. The molecule has 25 heavy (non-hydrogen) atoms. The number of fused-ring (bicyclic) bond motifs is 3. The van der Waals surface area contributed by atoms with Crippen LogP contribution in [0.1, 0.15) is 36.2 Å². The van der Waals surface area contributed by atoms with Gasteiger partial charge in [-0.2, -0.15) is 0 Å². The Labute approximate surface area is 149 Å². The van der Waals surface area contributed by atoms with Crippen molar-refractivity contribution in [1.82, 2.24) is 9.55 Å². The molecule has 0 saturated heterocycles. The zero-order valence-corrected chi connectivity index (χ0v) is 14.8. The zero-order chi connectivity index (χ0) is 17.6. The summed E-state index contributed by atoms with van der Waals surface area (Å²) in [5.74, 6) is 0.0125. The minimum atomic E-state index is -0.698. The summed E-state index contributed by atoms with van der Waals surface area (Å²) in [6.07, 6.45) is 3.44. The first-order valence-electron chi connectivity index (χ1n) is 8.53. The molecule has 0 aliphatic heterocycles. The Bertz CT molecular complexity index is 1020. The number of amides is 1. The van der Waals surface area contributed by atoms with Crippen LogP contribution in [0.2, 0.25) is 0 Å². The number of hydrogen-bond donors (Lipinski definition) is 1. The van der Waals surface area contributed by atoms with E-state index in [0.29, 0.717) is 17.6 Å². The minimum absolute atomic E-state index is 0.145. The molecule has 2 heterocycles. The second kappa shape index (κ2) is 6.11. The Morgan fingerprint density at radius 2 is 2.08 bits per heavy atom. The normalized spacial score (nSPS) is 14.6. The van der Waals surface area contributed by atoms with Gasteiger partial charge in [0.05, 0.1) is 5.39 Å². The fourth-order valence-electron chi connectivity index (χ4n) is 3.65. The van der Waals surface area contributed by atoms with E-state index >= 15 is 0 Å². The van der Waals surface area contributed by atoms with Gasteiger partial charge in [-0.3, -0.25) is 14.2 Å². The van der Waals surface area contributed by atoms with Gasteiger partial charge in [0.25, 0.3) is 5.56 Å². The van der Waals surface area contributed by atoms with E-state index in [-0.39, 0.29) is 5.56 Å². The molecule has 2 aromatic heterocycles. The van der Waals surface area contributed by atoms with Crippen LogP contribution in [0.3, 0.4) is 0 Å². The average Bonchev–Trinajstić information content (AvgIpc) is 3.18. The summed E-state index contributed by atoms with van der Waals surface area (Å²) in [5, 5.41) is 0.678. The Kier molecular flexibility index (Phi) is 3.92. The number of aromatic nitrogens is 2. The third-order valence-electron chi connectivity index (χ3n) is 4.83. The molecule has 1 atom stereocenters. The molecule has 3 aromatic rings. The summed E-state index contributed by atoms with van der Waals surface area (Å²) in [4.78, 5) is 32.2. The molecule has 128 valence electrons. The quantitative estimate of drug-likeness (QED) is 0.783. The van der Waals surface area contributed by atoms with Crippen molar-refractivity contribution in [2.45, 2.75) is 38.6 Å². The molecule has 2 N–H and O–H groups in total. The summed E-state index contributed by atoms with van der Waals surface area (Å²) in [6, 6.07) is 8.82. The number of carbonyl (C=O) groups excluding carboxylic acids is 1. The summed E-state index contributed by atoms with van der Waals surface area (Å²) >= 11 is 1.61. The number of nitrogens with zero attached hydrogens (tertiary/aromatic N) is 2. The maximum Gasteiger partial charge on any atom is 0.263 e. The summed E-state index contributed by atoms with van der Waals surface area (Å²) in [6.45, 7) is 1.86. The van der Waals surface area contributed by atoms with E-state index in [0.717, 1.165) is 35.2 Å². The van der Waals surface area contributed by atoms with Gasteiger partial charge in [-0.15, -0.1) is 11.3 Å². The second-order valence-corrected chi connectivity index (χ2v) is 7.42. The summed E-state index contributed by atoms with van der Waals surface area (Å²) in [5.41, 5.74) is 7.39. The predicted molar refractivity (Wildman–Crippen MR) is 99.9 cm³/mol. The van der Waals surface area contributed by atoms with Crippen LogP contribution in [0.5, 0.6) is 0 Å². The number of primary amides is 1. The van der Waals surface area contributed by atoms with E-state index in [1.165, 1.54) is 9.44 Å². The molecule has 1 amide bonds. The monoisotopic (exact) mass is 353 g/mol. The van der Waals surface area contributed by atoms with Crippen molar-refractivity contribution < 1.29 is 4.79 Å². The molecule has 0 bridgehead atoms. The van der Waals surface area contributed by atoms with Crippen molar-refractivity contribution in [3.63, 3.8) is 0 Å². The molecular formula is C19H19N3O2S. The fraction of sp³-hybridized carbons (Fsp3) is 0.316. The maximum atomic E-state index is 13.4. The van der Waals surface area contributed by atoms with Gasteiger partial charge in [-0.25, -0.2) is 4.98 Å². The van der Waals surface area contributed by atoms with E-state index in [9.17, 15) is 9.59 Å². The van der Waals surface area contributed by atoms with Gasteiger partial charge in [0, 0.05) is 10.4 Å². The second-order valence-electron chi connectivity index (χ2n) is 6.34. The van der Waals surface area contributed by atoms with Crippen LogP contribution in [0, 0.1) is 0 Å². The Morgan fingerprint density at radius 3 is 2.76 bits per heavy atom. The molecule has 1 unspecified atom stereocenters. The number of nitrogens with two attached hydrogens (primary N) is 1. The van der Waals surface area contributed by atoms with Crippen LogP contribution in [0.15, 0.2) is 35.1 Å². The highest BCUT2D eigenvalue weighted by molar-refractivity contribution is 7.18. The lowest BCUT2D eigenvalue weighted by Crippen LogP contribution is -2.35. The van der Waals surface area contributed by atoms with Crippen molar-refractivity contribution in [3.8, 4) is 11.4 Å². The van der Waals surface area contributed by atoms with Gasteiger partial charge >= 0.3 is 0 Å². The van der Waals surface area contributed by atoms with Gasteiger partial charge in [-0.1, -0.05) is 37.3 Å². The topological polar surface area (TPSA) is 78.0 Å². The standard InChI is InChI=1S/C19H19N3O2S/c1-2-13(16(20)23)22-17(11-7-4-3-5-8-11)21-18-15(19(22)24)12-9-6-10-14(12)25-18/h3-5,7-8,13H,2,6,9-10H2,1H3,(H2,20,23). The van der Waals surface area contributed by atoms with Crippen LogP contribution in [-0.4, -0.2) is 15.5 Å². The number of rotatable bonds is 4. The first-order chi connectivity index (χ1) is 12.1. The lowest BCUT2D eigenvalue weighted by Gasteiger charge is -2.19. The van der Waals surface area contributed by atoms with E-state index in [2.05, 4.69) is 0 Å². The number of aryl methyl sites for hydroxylation is 2. The van der Waals surface area contributed by atoms with E-state index in [1.54, 1.807) is 11.3 Å². The van der Waals surface area contributed by atoms with Crippen LogP contribution in [0.4, 0.5) is 0 Å². The Hall–Kier alpha value is -2.47. The Balaban J connectivity index is 2.09. The largest absolute Gasteiger partial charge is 0.368 e. The molecular weight excluding hydrogens is 334 g/mol. The van der Waals surface area contributed by atoms with Crippen molar-refractivity contribution in [2.75, 3.05) is 0 Å². The number of benzene rings is 1. The molecule has 1 aliphatic carbocycles. The Morgan fingerprint density at radius 1 is 1.32 bits per heavy atom. The molecule has 6 heteroatoms. The third-order valence-corrected chi connectivity index (χ3v) is 6.02. The van der Waals surface area contributed by atoms with Gasteiger partial charge in [-0.05, 0) is 31.2 Å². The molecule has 5 nitrogen and oxygen atoms in total. The van der Waals surface area contributed by atoms with E-state index < -0.39 is 11.9 Å². The first-order valence-corrected chi connectivity index (χ1v) is 9.35. The summed E-state index contributed by atoms with van der Waals surface area (Å²) < 4.78 is 1.51. The molecule has 0 saturated carbocycles. The third kappa shape index (κ3) is 2.48. The van der Waals surface area contributed by atoms with E-state index in [1.807, 2.05) is 37.3 Å². The van der Waals surface area contributed by atoms with Crippen molar-refractivity contribution >= 4 is 27.5 Å². The minimum Gasteiger partial charge on any atom is -0.368 e. The van der Waals surface area contributed by atoms with E-state index in [4.69, 9.17) is 10.7 Å². The average molecular weight is 353 g/mol. The van der Waals surface area contributed by atoms with Gasteiger partial charge in [0.15, 0.2) is 0 Å². The van der Waals surface area contributed by atoms with Gasteiger partial charge in [0.2, 0.25) is 5.91 Å². The molecule has 4 rings (SSSR count). The number of thiophene rings is 1. The van der Waals surface area contributed by atoms with Crippen molar-refractivity contribution in [2.24, 2.45) is 5.73 Å². The molecule has 1 aromatic carbocycles. The number of hydrogen-bond acceptors (Lipinski definition) is 4. The van der Waals surface area contributed by atoms with Crippen molar-refractivity contribution in [3.05, 3.63) is 51.1 Å². The maximum absolute atomic E-state index is 13.4. The van der Waals surface area contributed by atoms with Gasteiger partial charge in [0.1, 0.15) is 16.7 Å². The van der Waals surface area contributed by atoms with Crippen molar-refractivity contribution in [1.29, 1.82) is 0 Å². The lowest BCUT2D eigenvalue weighted by molar-refractivity contribution is -0.121. The number of carbonyl (C=O) groups is 1. The SMILES string of the molecule is CCC(C(N)=O)n1c(-c2ccccc2)nc2sc3c(c2c1=O)CCC3. The first kappa shape index (κ1) is 16.0. The predicted octanol–water partition coefficient (Wildman–Crippen LogP) is 3.05. The van der Waals surface area contributed by atoms with Crippen LogP contribution >= 0.6 is 11.3 Å². The van der Waals surface area contributed by atoms with Gasteiger partial charge < -0.3 is 5.73 Å². The smallest absolute Gasteiger partial charge is 0.263 e. The highest BCUT2D eigenvalue weighted by atomic mass is 32.1. The molecule has 0 spiro atoms. The van der Waals surface area contributed by atoms with Crippen LogP contribution in [-0.2, 0) is 17.6 Å². The highest BCUT2D eigenvalue weighted by Crippen LogP contribution is 2.36. The molecule has 0 fully saturated rings. The fourth-order valence-corrected chi connectivity index (χ4v) is 4.90.